The van der Waals surface area contributed by atoms with E-state index in [0.717, 1.165) is 5.69 Å². The molecule has 1 aromatic rings. The van der Waals surface area contributed by atoms with Crippen LogP contribution in [0.25, 0.3) is 0 Å². The predicted octanol–water partition coefficient (Wildman–Crippen LogP) is 1.87. The van der Waals surface area contributed by atoms with Crippen molar-refractivity contribution in [1.29, 1.82) is 0 Å². The molecule has 1 N–H and O–H groups in total. The number of rotatable bonds is 7. The van der Waals surface area contributed by atoms with Crippen molar-refractivity contribution in [3.63, 3.8) is 0 Å². The molecule has 0 radical (unpaired) electrons. The number of likely N-dealkylation sites (tertiary alicyclic amines) is 1. The van der Waals surface area contributed by atoms with Crippen molar-refractivity contribution in [1.82, 2.24) is 20.2 Å². The number of carbonyl (C=O) groups is 2. The molecule has 3 rings (SSSR count). The van der Waals surface area contributed by atoms with Crippen LogP contribution in [0.15, 0.2) is 12.4 Å². The zero-order valence-corrected chi connectivity index (χ0v) is 17.5. The van der Waals surface area contributed by atoms with Gasteiger partial charge in [-0.1, -0.05) is 0 Å². The van der Waals surface area contributed by atoms with Crippen LogP contribution < -0.4 is 10.1 Å². The molecule has 0 bridgehead atoms. The summed E-state index contributed by atoms with van der Waals surface area (Å²) in [7, 11) is 1.34. The third-order valence-electron chi connectivity index (χ3n) is 4.81. The van der Waals surface area contributed by atoms with E-state index in [1.165, 1.54) is 20.0 Å². The van der Waals surface area contributed by atoms with E-state index in [9.17, 15) is 9.59 Å². The van der Waals surface area contributed by atoms with Gasteiger partial charge in [-0.2, -0.15) is 0 Å². The maximum absolute atomic E-state index is 12.6. The van der Waals surface area contributed by atoms with E-state index in [4.69, 9.17) is 9.47 Å². The van der Waals surface area contributed by atoms with Gasteiger partial charge in [0.1, 0.15) is 11.7 Å². The Morgan fingerprint density at radius 1 is 1.24 bits per heavy atom. The van der Waals surface area contributed by atoms with Crippen LogP contribution >= 0.6 is 0 Å². The van der Waals surface area contributed by atoms with Gasteiger partial charge in [-0.3, -0.25) is 9.78 Å². The number of carbonyl (C=O) groups excluding carboxylic acids is 2. The molecule has 9 heteroatoms. The number of methoxy groups -OCH3 is 1. The minimum atomic E-state index is -0.593. The first-order chi connectivity index (χ1) is 13.7. The highest BCUT2D eigenvalue weighted by Crippen LogP contribution is 2.38. The number of aromatic nitrogens is 2. The van der Waals surface area contributed by atoms with Crippen molar-refractivity contribution in [2.75, 3.05) is 26.7 Å². The fourth-order valence-electron chi connectivity index (χ4n) is 3.26. The fraction of sp³-hybridized carbons (Fsp3) is 0.700. The topological polar surface area (TPSA) is 103 Å². The van der Waals surface area contributed by atoms with Crippen LogP contribution in [0.2, 0.25) is 0 Å². The highest BCUT2D eigenvalue weighted by molar-refractivity contribution is 5.71. The van der Waals surface area contributed by atoms with Crippen LogP contribution in [0.3, 0.4) is 0 Å². The molecule has 2 fully saturated rings. The van der Waals surface area contributed by atoms with Crippen molar-refractivity contribution in [2.24, 2.45) is 0 Å². The van der Waals surface area contributed by atoms with Gasteiger partial charge in [-0.25, -0.2) is 9.78 Å². The third kappa shape index (κ3) is 6.28. The van der Waals surface area contributed by atoms with Crippen molar-refractivity contribution in [3.05, 3.63) is 18.1 Å². The Hall–Kier alpha value is -2.42. The largest absolute Gasteiger partial charge is 0.471 e. The zero-order chi connectivity index (χ0) is 21.0. The first-order valence-electron chi connectivity index (χ1n) is 10.0. The molecule has 1 saturated heterocycles. The monoisotopic (exact) mass is 406 g/mol. The van der Waals surface area contributed by atoms with E-state index in [1.54, 1.807) is 17.3 Å². The Bertz CT molecular complexity index is 715. The van der Waals surface area contributed by atoms with Gasteiger partial charge in [0.15, 0.2) is 0 Å². The highest BCUT2D eigenvalue weighted by Gasteiger charge is 2.38. The van der Waals surface area contributed by atoms with Crippen LogP contribution in [0.1, 0.15) is 51.6 Å². The number of hydrogen-bond acceptors (Lipinski definition) is 8. The Morgan fingerprint density at radius 3 is 2.59 bits per heavy atom. The van der Waals surface area contributed by atoms with Crippen molar-refractivity contribution in [3.8, 4) is 5.88 Å². The second-order valence-electron chi connectivity index (χ2n) is 8.52. The molecule has 0 spiro atoms. The molecule has 1 aromatic heterocycles. The van der Waals surface area contributed by atoms with Gasteiger partial charge in [0, 0.05) is 18.9 Å². The van der Waals surface area contributed by atoms with Crippen LogP contribution in [0.5, 0.6) is 5.88 Å². The van der Waals surface area contributed by atoms with Crippen LogP contribution in [0.4, 0.5) is 4.79 Å². The van der Waals surface area contributed by atoms with E-state index in [0.29, 0.717) is 31.3 Å². The summed E-state index contributed by atoms with van der Waals surface area (Å²) in [6.07, 6.45) is 5.72. The summed E-state index contributed by atoms with van der Waals surface area (Å²) in [5.74, 6) is 0.633. The van der Waals surface area contributed by atoms with Crippen LogP contribution in [-0.4, -0.2) is 71.4 Å². The third-order valence-corrected chi connectivity index (χ3v) is 4.81. The standard InChI is InChI=1S/C20H30N4O5/c1-20(2,3)29-19(26)24-12-15(7-14(24)8-21-11-18(25)27-4)28-17-10-22-16(9-23-17)13-5-6-13/h9-10,13-15,21H,5-8,11-12H2,1-4H3. The number of ether oxygens (including phenoxy) is 3. The number of hydrogen-bond donors (Lipinski definition) is 1. The minimum Gasteiger partial charge on any atom is -0.471 e. The molecule has 29 heavy (non-hydrogen) atoms. The van der Waals surface area contributed by atoms with Crippen LogP contribution in [0, 0.1) is 0 Å². The van der Waals surface area contributed by atoms with Gasteiger partial charge in [0.2, 0.25) is 5.88 Å². The summed E-state index contributed by atoms with van der Waals surface area (Å²) in [5, 5.41) is 3.03. The molecule has 2 unspecified atom stereocenters. The fourth-order valence-corrected chi connectivity index (χ4v) is 3.26. The molecule has 9 nitrogen and oxygen atoms in total. The number of amides is 1. The Labute approximate surface area is 171 Å². The summed E-state index contributed by atoms with van der Waals surface area (Å²) >= 11 is 0. The second-order valence-corrected chi connectivity index (χ2v) is 8.52. The Balaban J connectivity index is 1.60. The average Bonchev–Trinajstić information content (AvgIpc) is 3.42. The van der Waals surface area contributed by atoms with E-state index >= 15 is 0 Å². The summed E-state index contributed by atoms with van der Waals surface area (Å²) in [4.78, 5) is 34.4. The molecule has 1 saturated carbocycles. The number of nitrogens with zero attached hydrogens (tertiary/aromatic N) is 3. The summed E-state index contributed by atoms with van der Waals surface area (Å²) < 4.78 is 16.1. The van der Waals surface area contributed by atoms with Crippen LogP contribution in [-0.2, 0) is 14.3 Å². The molecule has 160 valence electrons. The van der Waals surface area contributed by atoms with Crippen molar-refractivity contribution in [2.45, 2.75) is 63.7 Å². The molecule has 1 aliphatic heterocycles. The lowest BCUT2D eigenvalue weighted by Crippen LogP contribution is -2.45. The van der Waals surface area contributed by atoms with Gasteiger partial charge in [0.25, 0.3) is 0 Å². The van der Waals surface area contributed by atoms with Gasteiger partial charge in [0.05, 0.1) is 44.3 Å². The molecular weight excluding hydrogens is 376 g/mol. The molecule has 2 aliphatic rings. The number of esters is 1. The quantitative estimate of drug-likeness (QED) is 0.685. The minimum absolute atomic E-state index is 0.0782. The Morgan fingerprint density at radius 2 is 2.00 bits per heavy atom. The predicted molar refractivity (Wildman–Crippen MR) is 105 cm³/mol. The maximum atomic E-state index is 12.6. The number of nitrogens with one attached hydrogen (secondary N) is 1. The first-order valence-corrected chi connectivity index (χ1v) is 10.0. The lowest BCUT2D eigenvalue weighted by atomic mass is 10.2. The lowest BCUT2D eigenvalue weighted by Gasteiger charge is -2.28. The molecule has 1 aliphatic carbocycles. The summed E-state index contributed by atoms with van der Waals surface area (Å²) in [5.41, 5.74) is 0.411. The maximum Gasteiger partial charge on any atom is 0.410 e. The Kier molecular flexibility index (Phi) is 6.56. The van der Waals surface area contributed by atoms with Crippen molar-refractivity contribution >= 4 is 12.1 Å². The summed E-state index contributed by atoms with van der Waals surface area (Å²) in [6.45, 7) is 6.38. The molecule has 1 amide bonds. The average molecular weight is 406 g/mol. The summed E-state index contributed by atoms with van der Waals surface area (Å²) in [6, 6.07) is -0.168. The lowest BCUT2D eigenvalue weighted by molar-refractivity contribution is -0.139. The van der Waals surface area contributed by atoms with Crippen molar-refractivity contribution < 1.29 is 23.8 Å². The van der Waals surface area contributed by atoms with E-state index < -0.39 is 11.7 Å². The highest BCUT2D eigenvalue weighted by atomic mass is 16.6. The van der Waals surface area contributed by atoms with E-state index in [-0.39, 0.29) is 24.7 Å². The van der Waals surface area contributed by atoms with Gasteiger partial charge in [-0.15, -0.1) is 0 Å². The normalized spacial score (nSPS) is 21.7. The first kappa shape index (κ1) is 21.3. The molecule has 2 heterocycles. The zero-order valence-electron chi connectivity index (χ0n) is 17.5. The molecule has 2 atom stereocenters. The second kappa shape index (κ2) is 8.94. The van der Waals surface area contributed by atoms with Gasteiger partial charge >= 0.3 is 12.1 Å². The van der Waals surface area contributed by atoms with E-state index in [2.05, 4.69) is 20.0 Å². The van der Waals surface area contributed by atoms with Gasteiger partial charge < -0.3 is 24.4 Å². The molecular formula is C20H30N4O5. The smallest absolute Gasteiger partial charge is 0.410 e. The van der Waals surface area contributed by atoms with E-state index in [1.807, 2.05) is 20.8 Å². The SMILES string of the molecule is COC(=O)CNCC1CC(Oc2cnc(C3CC3)cn2)CN1C(=O)OC(C)(C)C. The molecule has 0 aromatic carbocycles. The van der Waals surface area contributed by atoms with Gasteiger partial charge in [-0.05, 0) is 33.6 Å².